The van der Waals surface area contributed by atoms with E-state index in [1.807, 2.05) is 6.92 Å². The molecule has 0 radical (unpaired) electrons. The number of carbonyl (C=O) groups is 2. The standard InChI is InChI=1S/C19H16ClF3N2O2/c1-10-5-6-12(20)8-16(10)25-18(27)15-9-14(15)17(26)24-13-4-2-3-11(7-13)19(21,22)23/h2-8,14-15H,9H2,1H3,(H,24,26)(H,25,27). The molecular weight excluding hydrogens is 381 g/mol. The molecule has 0 aromatic heterocycles. The first-order chi connectivity index (χ1) is 12.6. The Morgan fingerprint density at radius 2 is 1.70 bits per heavy atom. The molecule has 1 saturated carbocycles. The van der Waals surface area contributed by atoms with E-state index >= 15 is 0 Å². The number of amides is 2. The lowest BCUT2D eigenvalue weighted by Gasteiger charge is -2.10. The average Bonchev–Trinajstić information content (AvgIpc) is 3.38. The zero-order valence-electron chi connectivity index (χ0n) is 14.2. The van der Waals surface area contributed by atoms with E-state index in [9.17, 15) is 22.8 Å². The van der Waals surface area contributed by atoms with Gasteiger partial charge in [0.15, 0.2) is 0 Å². The number of aryl methyl sites for hydroxylation is 1. The Kier molecular flexibility index (Phi) is 5.15. The summed E-state index contributed by atoms with van der Waals surface area (Å²) in [7, 11) is 0. The first kappa shape index (κ1) is 19.2. The summed E-state index contributed by atoms with van der Waals surface area (Å²) >= 11 is 5.91. The Morgan fingerprint density at radius 1 is 1.04 bits per heavy atom. The molecule has 2 amide bonds. The molecule has 0 saturated heterocycles. The first-order valence-corrected chi connectivity index (χ1v) is 8.58. The lowest BCUT2D eigenvalue weighted by Crippen LogP contribution is -2.21. The van der Waals surface area contributed by atoms with Crippen LogP contribution in [-0.2, 0) is 15.8 Å². The van der Waals surface area contributed by atoms with Gasteiger partial charge in [-0.1, -0.05) is 23.7 Å². The third-order valence-corrected chi connectivity index (χ3v) is 4.61. The Bertz CT molecular complexity index is 899. The fourth-order valence-electron chi connectivity index (χ4n) is 2.74. The minimum atomic E-state index is -4.49. The van der Waals surface area contributed by atoms with E-state index in [1.54, 1.807) is 18.2 Å². The number of alkyl halides is 3. The number of hydrogen-bond donors (Lipinski definition) is 2. The SMILES string of the molecule is Cc1ccc(Cl)cc1NC(=O)C1CC1C(=O)Nc1cccc(C(F)(F)F)c1. The van der Waals surface area contributed by atoms with Crippen molar-refractivity contribution in [2.45, 2.75) is 19.5 Å². The van der Waals surface area contributed by atoms with Gasteiger partial charge in [-0.2, -0.15) is 13.2 Å². The minimum absolute atomic E-state index is 0.0477. The topological polar surface area (TPSA) is 58.2 Å². The summed E-state index contributed by atoms with van der Waals surface area (Å²) in [4.78, 5) is 24.5. The molecule has 4 nitrogen and oxygen atoms in total. The molecular formula is C19H16ClF3N2O2. The van der Waals surface area contributed by atoms with Crippen LogP contribution in [-0.4, -0.2) is 11.8 Å². The van der Waals surface area contributed by atoms with Crippen LogP contribution in [0.1, 0.15) is 17.5 Å². The molecule has 0 aliphatic heterocycles. The molecule has 1 aliphatic carbocycles. The molecule has 0 spiro atoms. The number of hydrogen-bond acceptors (Lipinski definition) is 2. The van der Waals surface area contributed by atoms with Crippen molar-refractivity contribution in [1.29, 1.82) is 0 Å². The number of anilines is 2. The van der Waals surface area contributed by atoms with E-state index in [-0.39, 0.29) is 11.6 Å². The molecule has 27 heavy (non-hydrogen) atoms. The highest BCUT2D eigenvalue weighted by Crippen LogP contribution is 2.41. The summed E-state index contributed by atoms with van der Waals surface area (Å²) in [5.41, 5.74) is 0.600. The predicted octanol–water partition coefficient (Wildman–Crippen LogP) is 4.88. The molecule has 2 N–H and O–H groups in total. The second kappa shape index (κ2) is 7.23. The summed E-state index contributed by atoms with van der Waals surface area (Å²) in [6.07, 6.45) is -4.15. The second-order valence-electron chi connectivity index (χ2n) is 6.46. The molecule has 3 rings (SSSR count). The van der Waals surface area contributed by atoms with Gasteiger partial charge < -0.3 is 10.6 Å². The van der Waals surface area contributed by atoms with Gasteiger partial charge in [-0.3, -0.25) is 9.59 Å². The summed E-state index contributed by atoms with van der Waals surface area (Å²) in [5.74, 6) is -1.88. The molecule has 0 bridgehead atoms. The van der Waals surface area contributed by atoms with Crippen LogP contribution in [0.4, 0.5) is 24.5 Å². The van der Waals surface area contributed by atoms with Crippen molar-refractivity contribution in [3.8, 4) is 0 Å². The maximum absolute atomic E-state index is 12.7. The first-order valence-electron chi connectivity index (χ1n) is 8.20. The van der Waals surface area contributed by atoms with Gasteiger partial charge in [-0.05, 0) is 49.2 Å². The highest BCUT2D eigenvalue weighted by molar-refractivity contribution is 6.31. The molecule has 2 unspecified atom stereocenters. The van der Waals surface area contributed by atoms with Crippen molar-refractivity contribution in [3.63, 3.8) is 0 Å². The number of nitrogens with one attached hydrogen (secondary N) is 2. The van der Waals surface area contributed by atoms with E-state index in [0.29, 0.717) is 17.1 Å². The molecule has 8 heteroatoms. The van der Waals surface area contributed by atoms with Gasteiger partial charge in [0, 0.05) is 16.4 Å². The van der Waals surface area contributed by atoms with Crippen molar-refractivity contribution in [2.75, 3.05) is 10.6 Å². The normalized spacial score (nSPS) is 18.7. The highest BCUT2D eigenvalue weighted by atomic mass is 35.5. The Labute approximate surface area is 158 Å². The van der Waals surface area contributed by atoms with Crippen molar-refractivity contribution < 1.29 is 22.8 Å². The number of benzene rings is 2. The van der Waals surface area contributed by atoms with Crippen molar-refractivity contribution in [1.82, 2.24) is 0 Å². The van der Waals surface area contributed by atoms with Gasteiger partial charge in [0.2, 0.25) is 11.8 Å². The minimum Gasteiger partial charge on any atom is -0.326 e. The quantitative estimate of drug-likeness (QED) is 0.773. The third-order valence-electron chi connectivity index (χ3n) is 4.38. The van der Waals surface area contributed by atoms with Gasteiger partial charge in [-0.25, -0.2) is 0 Å². The predicted molar refractivity (Wildman–Crippen MR) is 96.5 cm³/mol. The second-order valence-corrected chi connectivity index (χ2v) is 6.90. The lowest BCUT2D eigenvalue weighted by atomic mass is 10.2. The molecule has 2 aromatic carbocycles. The van der Waals surface area contributed by atoms with Crippen LogP contribution >= 0.6 is 11.6 Å². The summed E-state index contributed by atoms with van der Waals surface area (Å²) < 4.78 is 38.2. The zero-order chi connectivity index (χ0) is 19.8. The molecule has 0 heterocycles. The van der Waals surface area contributed by atoms with Crippen LogP contribution in [0.5, 0.6) is 0 Å². The van der Waals surface area contributed by atoms with E-state index in [2.05, 4.69) is 10.6 Å². The van der Waals surface area contributed by atoms with Crippen molar-refractivity contribution >= 4 is 34.8 Å². The summed E-state index contributed by atoms with van der Waals surface area (Å²) in [5, 5.41) is 5.66. The smallest absolute Gasteiger partial charge is 0.326 e. The lowest BCUT2D eigenvalue weighted by molar-refractivity contribution is -0.137. The van der Waals surface area contributed by atoms with E-state index in [0.717, 1.165) is 17.7 Å². The van der Waals surface area contributed by atoms with Crippen LogP contribution in [0.15, 0.2) is 42.5 Å². The van der Waals surface area contributed by atoms with Crippen LogP contribution in [0.3, 0.4) is 0 Å². The zero-order valence-corrected chi connectivity index (χ0v) is 15.0. The molecule has 1 aliphatic rings. The molecule has 2 atom stereocenters. The molecule has 142 valence electrons. The van der Waals surface area contributed by atoms with E-state index in [4.69, 9.17) is 11.6 Å². The average molecular weight is 397 g/mol. The van der Waals surface area contributed by atoms with Gasteiger partial charge in [0.05, 0.1) is 17.4 Å². The van der Waals surface area contributed by atoms with E-state index in [1.165, 1.54) is 12.1 Å². The maximum atomic E-state index is 12.7. The number of halogens is 4. The fraction of sp³-hybridized carbons (Fsp3) is 0.263. The Morgan fingerprint density at radius 3 is 2.37 bits per heavy atom. The highest BCUT2D eigenvalue weighted by Gasteiger charge is 2.48. The van der Waals surface area contributed by atoms with Crippen LogP contribution in [0.2, 0.25) is 5.02 Å². The maximum Gasteiger partial charge on any atom is 0.416 e. The summed E-state index contributed by atoms with van der Waals surface area (Å²) in [6, 6.07) is 9.48. The van der Waals surface area contributed by atoms with Crippen molar-refractivity contribution in [2.24, 2.45) is 11.8 Å². The van der Waals surface area contributed by atoms with Gasteiger partial charge in [0.25, 0.3) is 0 Å². The van der Waals surface area contributed by atoms with Gasteiger partial charge in [-0.15, -0.1) is 0 Å². The summed E-state index contributed by atoms with van der Waals surface area (Å²) in [6.45, 7) is 1.82. The fourth-order valence-corrected chi connectivity index (χ4v) is 2.91. The number of carbonyl (C=O) groups excluding carboxylic acids is 2. The Hall–Kier alpha value is -2.54. The molecule has 1 fully saturated rings. The monoisotopic (exact) mass is 396 g/mol. The van der Waals surface area contributed by atoms with Crippen LogP contribution in [0.25, 0.3) is 0 Å². The number of rotatable bonds is 4. The van der Waals surface area contributed by atoms with Crippen molar-refractivity contribution in [3.05, 3.63) is 58.6 Å². The van der Waals surface area contributed by atoms with E-state index < -0.39 is 29.5 Å². The Balaban J connectivity index is 1.60. The largest absolute Gasteiger partial charge is 0.416 e. The van der Waals surface area contributed by atoms with Gasteiger partial charge in [0.1, 0.15) is 0 Å². The van der Waals surface area contributed by atoms with Crippen LogP contribution < -0.4 is 10.6 Å². The van der Waals surface area contributed by atoms with Gasteiger partial charge >= 0.3 is 6.18 Å². The third kappa shape index (κ3) is 4.60. The molecule has 2 aromatic rings. The van der Waals surface area contributed by atoms with Crippen LogP contribution in [0, 0.1) is 18.8 Å².